The smallest absolute Gasteiger partial charge is 0.408 e. The number of rotatable bonds is 6. The standard InChI is InChI=1S/C20H19NO4/c22-19(23)18(12-16-11-10-15-8-4-5-9-17(15)16)21-20(24)25-13-14-6-2-1-3-7-14/h1-9,11,18H,10,12-13H2,(H,21,24)(H,22,23)/t18-/m0/s1. The maximum Gasteiger partial charge on any atom is 0.408 e. The van der Waals surface area contributed by atoms with E-state index in [0.29, 0.717) is 0 Å². The van der Waals surface area contributed by atoms with Gasteiger partial charge in [0.15, 0.2) is 0 Å². The number of fused-ring (bicyclic) bond motifs is 1. The molecule has 0 saturated heterocycles. The summed E-state index contributed by atoms with van der Waals surface area (Å²) in [7, 11) is 0. The molecule has 1 aliphatic carbocycles. The van der Waals surface area contributed by atoms with E-state index in [9.17, 15) is 14.7 Å². The van der Waals surface area contributed by atoms with E-state index in [-0.39, 0.29) is 13.0 Å². The Morgan fingerprint density at radius 2 is 1.80 bits per heavy atom. The Bertz CT molecular complexity index is 798. The summed E-state index contributed by atoms with van der Waals surface area (Å²) in [5, 5.41) is 11.9. The van der Waals surface area contributed by atoms with E-state index in [2.05, 4.69) is 5.32 Å². The Morgan fingerprint density at radius 3 is 2.56 bits per heavy atom. The van der Waals surface area contributed by atoms with Gasteiger partial charge in [-0.05, 0) is 28.7 Å². The number of carboxylic acid groups (broad SMARTS) is 1. The molecule has 0 heterocycles. The normalized spacial score (nSPS) is 13.5. The first-order valence-corrected chi connectivity index (χ1v) is 8.11. The van der Waals surface area contributed by atoms with Crippen molar-refractivity contribution >= 4 is 17.6 Å². The molecule has 2 aromatic rings. The van der Waals surface area contributed by atoms with E-state index < -0.39 is 18.1 Å². The van der Waals surface area contributed by atoms with Gasteiger partial charge in [0.25, 0.3) is 0 Å². The quantitative estimate of drug-likeness (QED) is 0.847. The number of hydrogen-bond donors (Lipinski definition) is 2. The van der Waals surface area contributed by atoms with Crippen LogP contribution in [0.3, 0.4) is 0 Å². The van der Waals surface area contributed by atoms with Crippen LogP contribution in [0.4, 0.5) is 4.79 Å². The van der Waals surface area contributed by atoms with E-state index in [1.165, 1.54) is 5.56 Å². The lowest BCUT2D eigenvalue weighted by Crippen LogP contribution is -2.41. The van der Waals surface area contributed by atoms with Crippen molar-refractivity contribution in [1.82, 2.24) is 5.32 Å². The summed E-state index contributed by atoms with van der Waals surface area (Å²) in [6, 6.07) is 16.1. The number of amides is 1. The minimum Gasteiger partial charge on any atom is -0.480 e. The molecule has 1 atom stereocenters. The van der Waals surface area contributed by atoms with E-state index in [1.807, 2.05) is 60.7 Å². The summed E-state index contributed by atoms with van der Waals surface area (Å²) in [6.07, 6.45) is 2.30. The highest BCUT2D eigenvalue weighted by molar-refractivity contribution is 5.84. The first-order valence-electron chi connectivity index (χ1n) is 8.11. The minimum atomic E-state index is -1.08. The van der Waals surface area contributed by atoms with Gasteiger partial charge in [0.2, 0.25) is 0 Å². The van der Waals surface area contributed by atoms with Crippen molar-refractivity contribution < 1.29 is 19.4 Å². The second-order valence-electron chi connectivity index (χ2n) is 5.89. The zero-order valence-electron chi connectivity index (χ0n) is 13.6. The maximum atomic E-state index is 11.9. The molecule has 5 heteroatoms. The van der Waals surface area contributed by atoms with Crippen LogP contribution >= 0.6 is 0 Å². The van der Waals surface area contributed by atoms with Gasteiger partial charge < -0.3 is 15.2 Å². The first-order chi connectivity index (χ1) is 12.1. The number of carbonyl (C=O) groups is 2. The molecular weight excluding hydrogens is 318 g/mol. The van der Waals surface area contributed by atoms with Crippen LogP contribution in [0.15, 0.2) is 60.7 Å². The number of ether oxygens (including phenoxy) is 1. The number of nitrogens with one attached hydrogen (secondary N) is 1. The van der Waals surface area contributed by atoms with Crippen LogP contribution in [0.5, 0.6) is 0 Å². The van der Waals surface area contributed by atoms with Gasteiger partial charge in [0.1, 0.15) is 12.6 Å². The lowest BCUT2D eigenvalue weighted by molar-refractivity contribution is -0.139. The molecule has 1 aliphatic rings. The second-order valence-corrected chi connectivity index (χ2v) is 5.89. The van der Waals surface area contributed by atoms with Crippen molar-refractivity contribution in [3.8, 4) is 0 Å². The predicted octanol–water partition coefficient (Wildman–Crippen LogP) is 3.40. The zero-order chi connectivity index (χ0) is 17.6. The Hall–Kier alpha value is -3.08. The van der Waals surface area contributed by atoms with Gasteiger partial charge in [-0.2, -0.15) is 0 Å². The lowest BCUT2D eigenvalue weighted by atomic mass is 10.00. The summed E-state index contributed by atoms with van der Waals surface area (Å²) in [6.45, 7) is 0.102. The van der Waals surface area contributed by atoms with Crippen molar-refractivity contribution in [2.45, 2.75) is 25.5 Å². The molecular formula is C20H19NO4. The summed E-state index contributed by atoms with van der Waals surface area (Å²) in [5.41, 5.74) is 4.00. The van der Waals surface area contributed by atoms with Gasteiger partial charge in [0.05, 0.1) is 0 Å². The Balaban J connectivity index is 1.59. The van der Waals surface area contributed by atoms with Crippen molar-refractivity contribution in [3.05, 3.63) is 77.4 Å². The third-order valence-corrected chi connectivity index (χ3v) is 4.16. The van der Waals surface area contributed by atoms with Gasteiger partial charge in [-0.15, -0.1) is 0 Å². The molecule has 3 rings (SSSR count). The monoisotopic (exact) mass is 337 g/mol. The number of carboxylic acids is 1. The molecule has 25 heavy (non-hydrogen) atoms. The summed E-state index contributed by atoms with van der Waals surface area (Å²) in [5.74, 6) is -1.08. The van der Waals surface area contributed by atoms with Crippen LogP contribution in [0.2, 0.25) is 0 Å². The first kappa shape index (κ1) is 16.8. The third-order valence-electron chi connectivity index (χ3n) is 4.16. The number of carbonyl (C=O) groups excluding carboxylic acids is 1. The molecule has 0 radical (unpaired) electrons. The number of benzene rings is 2. The van der Waals surface area contributed by atoms with Gasteiger partial charge in [-0.1, -0.05) is 60.7 Å². The van der Waals surface area contributed by atoms with E-state index in [0.717, 1.165) is 23.1 Å². The molecule has 0 spiro atoms. The minimum absolute atomic E-state index is 0.102. The van der Waals surface area contributed by atoms with Crippen molar-refractivity contribution in [1.29, 1.82) is 0 Å². The fourth-order valence-corrected chi connectivity index (χ4v) is 2.88. The number of allylic oxidation sites excluding steroid dienone is 1. The molecule has 1 amide bonds. The molecule has 0 aliphatic heterocycles. The summed E-state index contributed by atoms with van der Waals surface area (Å²) >= 11 is 0. The highest BCUT2D eigenvalue weighted by Crippen LogP contribution is 2.30. The van der Waals surface area contributed by atoms with Crippen molar-refractivity contribution in [2.24, 2.45) is 0 Å². The average molecular weight is 337 g/mol. The van der Waals surface area contributed by atoms with Crippen LogP contribution in [-0.4, -0.2) is 23.2 Å². The third kappa shape index (κ3) is 4.26. The molecule has 0 unspecified atom stereocenters. The topological polar surface area (TPSA) is 75.6 Å². The summed E-state index contributed by atoms with van der Waals surface area (Å²) in [4.78, 5) is 23.4. The fourth-order valence-electron chi connectivity index (χ4n) is 2.88. The highest BCUT2D eigenvalue weighted by atomic mass is 16.5. The number of alkyl carbamates (subject to hydrolysis) is 1. The van der Waals surface area contributed by atoms with Crippen LogP contribution in [0, 0.1) is 0 Å². The van der Waals surface area contributed by atoms with Gasteiger partial charge in [-0.3, -0.25) is 0 Å². The molecule has 0 aromatic heterocycles. The number of hydrogen-bond acceptors (Lipinski definition) is 3. The molecule has 2 aromatic carbocycles. The lowest BCUT2D eigenvalue weighted by Gasteiger charge is -2.16. The Kier molecular flexibility index (Phi) is 5.14. The van der Waals surface area contributed by atoms with E-state index in [4.69, 9.17) is 4.74 Å². The average Bonchev–Trinajstić information content (AvgIpc) is 3.03. The van der Waals surface area contributed by atoms with Gasteiger partial charge in [-0.25, -0.2) is 9.59 Å². The Morgan fingerprint density at radius 1 is 1.08 bits per heavy atom. The number of aliphatic carboxylic acids is 1. The van der Waals surface area contributed by atoms with Crippen molar-refractivity contribution in [2.75, 3.05) is 0 Å². The van der Waals surface area contributed by atoms with Gasteiger partial charge >= 0.3 is 12.1 Å². The molecule has 2 N–H and O–H groups in total. The Labute approximate surface area is 145 Å². The predicted molar refractivity (Wildman–Crippen MR) is 93.9 cm³/mol. The van der Waals surface area contributed by atoms with Crippen LogP contribution in [-0.2, 0) is 22.6 Å². The molecule has 0 bridgehead atoms. The fraction of sp³-hybridized carbons (Fsp3) is 0.200. The van der Waals surface area contributed by atoms with E-state index in [1.54, 1.807) is 0 Å². The van der Waals surface area contributed by atoms with Crippen LogP contribution in [0.25, 0.3) is 5.57 Å². The summed E-state index contributed by atoms with van der Waals surface area (Å²) < 4.78 is 5.11. The van der Waals surface area contributed by atoms with Crippen LogP contribution < -0.4 is 5.32 Å². The SMILES string of the molecule is O=C(N[C@@H](CC1=CCc2ccccc21)C(=O)O)OCc1ccccc1. The molecule has 0 fully saturated rings. The highest BCUT2D eigenvalue weighted by Gasteiger charge is 2.25. The second kappa shape index (κ2) is 7.66. The molecule has 5 nitrogen and oxygen atoms in total. The molecule has 0 saturated carbocycles. The largest absolute Gasteiger partial charge is 0.480 e. The molecule has 128 valence electrons. The maximum absolute atomic E-state index is 11.9. The van der Waals surface area contributed by atoms with Crippen molar-refractivity contribution in [3.63, 3.8) is 0 Å². The van der Waals surface area contributed by atoms with Gasteiger partial charge in [0, 0.05) is 6.42 Å². The van der Waals surface area contributed by atoms with E-state index >= 15 is 0 Å². The van der Waals surface area contributed by atoms with Crippen LogP contribution in [0.1, 0.15) is 23.1 Å². The zero-order valence-corrected chi connectivity index (χ0v) is 13.6.